The third-order valence-electron chi connectivity index (χ3n) is 7.78. The van der Waals surface area contributed by atoms with Crippen molar-refractivity contribution in [2.45, 2.75) is 80.9 Å². The van der Waals surface area contributed by atoms with E-state index in [1.54, 1.807) is 24.4 Å². The third-order valence-corrected chi connectivity index (χ3v) is 9.82. The number of hydrogen-bond acceptors (Lipinski definition) is 9. The van der Waals surface area contributed by atoms with Crippen LogP contribution in [-0.2, 0) is 22.4 Å². The molecule has 0 amide bonds. The first-order chi connectivity index (χ1) is 20.4. The van der Waals surface area contributed by atoms with Crippen molar-refractivity contribution in [2.24, 2.45) is 10.7 Å². The first-order valence-electron chi connectivity index (χ1n) is 14.0. The molecule has 43 heavy (non-hydrogen) atoms. The summed E-state index contributed by atoms with van der Waals surface area (Å²) in [5.74, 6) is -1.12. The van der Waals surface area contributed by atoms with E-state index in [1.807, 2.05) is 0 Å². The highest BCUT2D eigenvalue weighted by atomic mass is 32.2. The van der Waals surface area contributed by atoms with Crippen molar-refractivity contribution in [1.82, 2.24) is 34.6 Å². The van der Waals surface area contributed by atoms with E-state index < -0.39 is 39.8 Å². The predicted molar refractivity (Wildman–Crippen MR) is 150 cm³/mol. The van der Waals surface area contributed by atoms with Crippen LogP contribution in [0.1, 0.15) is 56.2 Å². The molecular formula is C27H31F4N9O2S. The summed E-state index contributed by atoms with van der Waals surface area (Å²) in [7, 11) is -3.55. The van der Waals surface area contributed by atoms with Crippen LogP contribution in [0.5, 0.6) is 0 Å². The zero-order valence-electron chi connectivity index (χ0n) is 23.0. The van der Waals surface area contributed by atoms with Crippen LogP contribution < -0.4 is 16.4 Å². The second-order valence-electron chi connectivity index (χ2n) is 11.1. The lowest BCUT2D eigenvalue weighted by Gasteiger charge is -2.34. The van der Waals surface area contributed by atoms with Crippen LogP contribution in [0.15, 0.2) is 54.2 Å². The molecule has 16 heteroatoms. The van der Waals surface area contributed by atoms with Crippen LogP contribution in [0.3, 0.4) is 0 Å². The summed E-state index contributed by atoms with van der Waals surface area (Å²) in [5, 5.41) is 14.4. The molecule has 3 aliphatic rings. The van der Waals surface area contributed by atoms with Gasteiger partial charge in [0.15, 0.2) is 0 Å². The fourth-order valence-corrected chi connectivity index (χ4v) is 6.63. The summed E-state index contributed by atoms with van der Waals surface area (Å²) in [6.07, 6.45) is 4.43. The van der Waals surface area contributed by atoms with E-state index in [4.69, 9.17) is 10.7 Å². The van der Waals surface area contributed by atoms with Gasteiger partial charge < -0.3 is 10.6 Å². The fourth-order valence-electron chi connectivity index (χ4n) is 5.15. The summed E-state index contributed by atoms with van der Waals surface area (Å²) in [5.41, 5.74) is 9.08. The quantitative estimate of drug-likeness (QED) is 0.325. The van der Waals surface area contributed by atoms with Crippen molar-refractivity contribution in [3.63, 3.8) is 0 Å². The van der Waals surface area contributed by atoms with E-state index in [0.29, 0.717) is 72.4 Å². The Balaban J connectivity index is 1.29. The molecule has 2 aliphatic carbocycles. The molecule has 3 aromatic heterocycles. The van der Waals surface area contributed by atoms with Crippen molar-refractivity contribution in [1.29, 1.82) is 0 Å². The number of aromatic nitrogens is 5. The molecule has 0 saturated heterocycles. The van der Waals surface area contributed by atoms with E-state index >= 15 is 0 Å². The van der Waals surface area contributed by atoms with Crippen LogP contribution in [0.4, 0.5) is 17.6 Å². The number of amidine groups is 1. The molecule has 11 nitrogen and oxygen atoms in total. The fraction of sp³-hybridized carbons (Fsp3) is 0.481. The Morgan fingerprint density at radius 2 is 1.88 bits per heavy atom. The van der Waals surface area contributed by atoms with Gasteiger partial charge in [0.25, 0.3) is 10.0 Å². The van der Waals surface area contributed by atoms with Crippen LogP contribution in [0.25, 0.3) is 16.8 Å². The molecule has 0 spiro atoms. The number of nitrogens with two attached hydrogens (primary N) is 1. The monoisotopic (exact) mass is 621 g/mol. The molecule has 1 aliphatic heterocycles. The van der Waals surface area contributed by atoms with Crippen molar-refractivity contribution in [3.05, 3.63) is 60.4 Å². The van der Waals surface area contributed by atoms with Gasteiger partial charge in [-0.15, -0.1) is 0 Å². The minimum Gasteiger partial charge on any atom is -0.367 e. The van der Waals surface area contributed by atoms with E-state index in [0.717, 1.165) is 4.09 Å². The van der Waals surface area contributed by atoms with Crippen LogP contribution in [0, 0.1) is 0 Å². The number of aryl methyl sites for hydroxylation is 1. The highest BCUT2D eigenvalue weighted by Gasteiger charge is 2.38. The van der Waals surface area contributed by atoms with Gasteiger partial charge in [0.2, 0.25) is 5.79 Å². The van der Waals surface area contributed by atoms with Crippen LogP contribution >= 0.6 is 0 Å². The Labute approximate surface area is 245 Å². The Kier molecular flexibility index (Phi) is 7.52. The summed E-state index contributed by atoms with van der Waals surface area (Å²) in [4.78, 5) is 9.17. The van der Waals surface area contributed by atoms with Crippen molar-refractivity contribution in [2.75, 3.05) is 0 Å². The predicted octanol–water partition coefficient (Wildman–Crippen LogP) is 3.42. The Bertz CT molecular complexity index is 1650. The molecule has 4 heterocycles. The number of pyridine rings is 1. The van der Waals surface area contributed by atoms with Crippen LogP contribution in [0.2, 0.25) is 0 Å². The maximum Gasteiger partial charge on any atom is 0.390 e. The van der Waals surface area contributed by atoms with Gasteiger partial charge in [0.05, 0.1) is 41.0 Å². The first kappa shape index (κ1) is 29.3. The van der Waals surface area contributed by atoms with E-state index in [-0.39, 0.29) is 12.6 Å². The van der Waals surface area contributed by atoms with Crippen molar-refractivity contribution >= 4 is 21.4 Å². The molecule has 230 valence electrons. The smallest absolute Gasteiger partial charge is 0.367 e. The topological polar surface area (TPSA) is 145 Å². The van der Waals surface area contributed by atoms with Gasteiger partial charge in [0, 0.05) is 42.3 Å². The molecule has 1 unspecified atom stereocenters. The Morgan fingerprint density at radius 3 is 2.60 bits per heavy atom. The first-order valence-corrected chi connectivity index (χ1v) is 15.5. The second kappa shape index (κ2) is 11.0. The average Bonchev–Trinajstić information content (AvgIpc) is 3.53. The zero-order chi connectivity index (χ0) is 30.4. The highest BCUT2D eigenvalue weighted by molar-refractivity contribution is 7.90. The van der Waals surface area contributed by atoms with Gasteiger partial charge in [-0.2, -0.15) is 27.5 Å². The molecule has 0 bridgehead atoms. The SMILES string of the molecule is NC1(c2ccnc(-c3cnn(S(=O)(=O)C4CC4)c3)c2)N=C(NC2CCC(F)CC2)C(c2ccn(CCC(F)(F)F)n2)=CN1. The largest absolute Gasteiger partial charge is 0.390 e. The van der Waals surface area contributed by atoms with Crippen molar-refractivity contribution < 1.29 is 26.0 Å². The minimum atomic E-state index is -4.31. The molecule has 0 radical (unpaired) electrons. The maximum atomic E-state index is 13.8. The van der Waals surface area contributed by atoms with Gasteiger partial charge in [-0.1, -0.05) is 0 Å². The summed E-state index contributed by atoms with van der Waals surface area (Å²) in [6.45, 7) is -0.330. The van der Waals surface area contributed by atoms with Gasteiger partial charge in [0.1, 0.15) is 12.0 Å². The maximum absolute atomic E-state index is 13.8. The number of rotatable bonds is 8. The molecule has 2 saturated carbocycles. The van der Waals surface area contributed by atoms with E-state index in [9.17, 15) is 26.0 Å². The summed E-state index contributed by atoms with van der Waals surface area (Å²) in [6, 6.07) is 4.86. The number of halogens is 4. The summed E-state index contributed by atoms with van der Waals surface area (Å²) < 4.78 is 79.5. The number of aliphatic imine (C=N–C) groups is 1. The Hall–Kier alpha value is -3.79. The molecule has 0 aromatic carbocycles. The Morgan fingerprint density at radius 1 is 1.12 bits per heavy atom. The van der Waals surface area contributed by atoms with Crippen LogP contribution in [-0.4, -0.2) is 61.8 Å². The van der Waals surface area contributed by atoms with Gasteiger partial charge in [-0.05, 0) is 56.7 Å². The molecule has 1 atom stereocenters. The normalized spacial score (nSPS) is 24.7. The van der Waals surface area contributed by atoms with E-state index in [2.05, 4.69) is 25.8 Å². The molecule has 4 N–H and O–H groups in total. The number of nitrogens with one attached hydrogen (secondary N) is 2. The molecule has 2 fully saturated rings. The van der Waals surface area contributed by atoms with E-state index in [1.165, 1.54) is 29.5 Å². The average molecular weight is 622 g/mol. The lowest BCUT2D eigenvalue weighted by molar-refractivity contribution is -0.137. The molecule has 6 rings (SSSR count). The lowest BCUT2D eigenvalue weighted by Crippen LogP contribution is -2.52. The minimum absolute atomic E-state index is 0.0870. The zero-order valence-corrected chi connectivity index (χ0v) is 23.8. The molecule has 3 aromatic rings. The highest BCUT2D eigenvalue weighted by Crippen LogP contribution is 2.32. The van der Waals surface area contributed by atoms with Gasteiger partial charge >= 0.3 is 6.18 Å². The number of hydrogen-bond donors (Lipinski definition) is 3. The number of nitrogens with zero attached hydrogens (tertiary/aromatic N) is 6. The summed E-state index contributed by atoms with van der Waals surface area (Å²) >= 11 is 0. The molecular weight excluding hydrogens is 590 g/mol. The van der Waals surface area contributed by atoms with Crippen molar-refractivity contribution in [3.8, 4) is 11.3 Å². The van der Waals surface area contributed by atoms with Gasteiger partial charge in [-0.25, -0.2) is 17.8 Å². The van der Waals surface area contributed by atoms with Gasteiger partial charge in [-0.3, -0.25) is 15.4 Å². The third kappa shape index (κ3) is 6.44. The number of alkyl halides is 4. The second-order valence-corrected chi connectivity index (χ2v) is 13.2. The standard InChI is InChI=1S/C27H31F4N9O2S/c28-19-1-3-20(4-2-19)36-25-22(23-8-11-39(38-23)12-9-26(29,30)31)15-34-27(32,37-25)18-7-10-33-24(13-18)17-14-35-40(16-17)43(41,42)21-5-6-21/h7-8,10-11,13-16,19-21,34H,1-6,9,12,32H2,(H,36,37). The lowest BCUT2D eigenvalue weighted by atomic mass is 9.93.